The smallest absolute Gasteiger partial charge is 0.417 e. The van der Waals surface area contributed by atoms with Crippen LogP contribution in [0.4, 0.5) is 13.2 Å². The lowest BCUT2D eigenvalue weighted by Crippen LogP contribution is -2.45. The highest BCUT2D eigenvalue weighted by Gasteiger charge is 2.35. The summed E-state index contributed by atoms with van der Waals surface area (Å²) in [5.74, 6) is -0.864. The van der Waals surface area contributed by atoms with Crippen LogP contribution in [0.15, 0.2) is 24.3 Å². The van der Waals surface area contributed by atoms with E-state index in [1.54, 1.807) is 0 Å². The number of benzene rings is 1. The summed E-state index contributed by atoms with van der Waals surface area (Å²) in [6, 6.07) is 4.35. The van der Waals surface area contributed by atoms with Crippen molar-refractivity contribution in [3.05, 3.63) is 35.4 Å². The van der Waals surface area contributed by atoms with Gasteiger partial charge in [-0.2, -0.15) is 13.2 Å². The number of halogens is 3. The first kappa shape index (κ1) is 19.3. The number of carbonyl (C=O) groups excluding carboxylic acids is 2. The number of alkyl halides is 3. The molecule has 0 aliphatic heterocycles. The van der Waals surface area contributed by atoms with E-state index in [0.29, 0.717) is 11.8 Å². The molecule has 0 spiro atoms. The number of carbonyl (C=O) groups is 2. The van der Waals surface area contributed by atoms with Crippen LogP contribution in [-0.4, -0.2) is 24.5 Å². The van der Waals surface area contributed by atoms with E-state index < -0.39 is 35.8 Å². The zero-order chi connectivity index (χ0) is 18.6. The van der Waals surface area contributed by atoms with Gasteiger partial charge in [0.05, 0.1) is 11.1 Å². The fourth-order valence-corrected chi connectivity index (χ4v) is 3.15. The summed E-state index contributed by atoms with van der Waals surface area (Å²) in [6.07, 6.45) is -1.69. The van der Waals surface area contributed by atoms with Crippen LogP contribution in [0.5, 0.6) is 0 Å². The Morgan fingerprint density at radius 3 is 2.56 bits per heavy atom. The van der Waals surface area contributed by atoms with Crippen molar-refractivity contribution in [3.63, 3.8) is 0 Å². The van der Waals surface area contributed by atoms with Crippen molar-refractivity contribution in [1.29, 1.82) is 0 Å². The number of amides is 1. The molecule has 2 rings (SSSR count). The first-order valence-corrected chi connectivity index (χ1v) is 8.33. The van der Waals surface area contributed by atoms with Crippen molar-refractivity contribution >= 4 is 11.9 Å². The second-order valence-electron chi connectivity index (χ2n) is 6.56. The minimum atomic E-state index is -4.66. The number of ether oxygens (including phenoxy) is 1. The van der Waals surface area contributed by atoms with Gasteiger partial charge in [0.25, 0.3) is 5.91 Å². The van der Waals surface area contributed by atoms with Crippen molar-refractivity contribution in [2.24, 2.45) is 11.8 Å². The fourth-order valence-electron chi connectivity index (χ4n) is 3.15. The normalized spacial score (nSPS) is 23.8. The Morgan fingerprint density at radius 1 is 1.20 bits per heavy atom. The molecule has 3 atom stereocenters. The van der Waals surface area contributed by atoms with Crippen molar-refractivity contribution in [2.45, 2.75) is 45.3 Å². The van der Waals surface area contributed by atoms with Crippen LogP contribution in [0.25, 0.3) is 0 Å². The van der Waals surface area contributed by atoms with Gasteiger partial charge in [0.2, 0.25) is 0 Å². The maximum atomic E-state index is 12.9. The molecule has 25 heavy (non-hydrogen) atoms. The Kier molecular flexibility index (Phi) is 6.08. The van der Waals surface area contributed by atoms with Crippen LogP contribution in [0.3, 0.4) is 0 Å². The topological polar surface area (TPSA) is 55.4 Å². The molecule has 7 heteroatoms. The molecule has 1 fully saturated rings. The minimum absolute atomic E-state index is 0.00239. The average Bonchev–Trinajstić information content (AvgIpc) is 2.56. The molecular formula is C18H22F3NO3. The third-order valence-corrected chi connectivity index (χ3v) is 4.84. The Balaban J connectivity index is 1.93. The van der Waals surface area contributed by atoms with Crippen LogP contribution < -0.4 is 5.32 Å². The summed E-state index contributed by atoms with van der Waals surface area (Å²) in [6.45, 7) is 3.58. The quantitative estimate of drug-likeness (QED) is 0.834. The van der Waals surface area contributed by atoms with E-state index in [0.717, 1.165) is 31.4 Å². The van der Waals surface area contributed by atoms with E-state index in [4.69, 9.17) is 4.74 Å². The maximum Gasteiger partial charge on any atom is 0.417 e. The van der Waals surface area contributed by atoms with Gasteiger partial charge in [0, 0.05) is 6.04 Å². The van der Waals surface area contributed by atoms with Gasteiger partial charge in [-0.3, -0.25) is 4.79 Å². The molecule has 1 saturated carbocycles. The van der Waals surface area contributed by atoms with Gasteiger partial charge in [-0.1, -0.05) is 38.8 Å². The largest absolute Gasteiger partial charge is 0.452 e. The predicted molar refractivity (Wildman–Crippen MR) is 85.8 cm³/mol. The van der Waals surface area contributed by atoms with Gasteiger partial charge >= 0.3 is 12.1 Å². The Bertz CT molecular complexity index is 630. The molecule has 3 unspecified atom stereocenters. The number of rotatable bonds is 4. The van der Waals surface area contributed by atoms with E-state index in [2.05, 4.69) is 19.2 Å². The molecule has 1 aliphatic rings. The highest BCUT2D eigenvalue weighted by Crippen LogP contribution is 2.32. The monoisotopic (exact) mass is 357 g/mol. The van der Waals surface area contributed by atoms with Crippen molar-refractivity contribution in [1.82, 2.24) is 5.32 Å². The number of nitrogens with one attached hydrogen (secondary N) is 1. The van der Waals surface area contributed by atoms with Crippen LogP contribution >= 0.6 is 0 Å². The summed E-state index contributed by atoms with van der Waals surface area (Å²) in [7, 11) is 0. The molecule has 0 bridgehead atoms. The summed E-state index contributed by atoms with van der Waals surface area (Å²) in [4.78, 5) is 23.9. The second kappa shape index (κ2) is 7.89. The molecular weight excluding hydrogens is 335 g/mol. The second-order valence-corrected chi connectivity index (χ2v) is 6.56. The summed E-state index contributed by atoms with van der Waals surface area (Å²) in [5, 5.41) is 2.81. The summed E-state index contributed by atoms with van der Waals surface area (Å²) in [5.41, 5.74) is -1.67. The zero-order valence-corrected chi connectivity index (χ0v) is 14.2. The molecule has 1 amide bonds. The van der Waals surface area contributed by atoms with E-state index in [1.807, 2.05) is 0 Å². The number of hydrogen-bond acceptors (Lipinski definition) is 3. The lowest BCUT2D eigenvalue weighted by Gasteiger charge is -2.34. The molecule has 1 aliphatic carbocycles. The van der Waals surface area contributed by atoms with Crippen LogP contribution in [0.2, 0.25) is 0 Å². The number of hydrogen-bond donors (Lipinski definition) is 1. The molecule has 0 heterocycles. The average molecular weight is 357 g/mol. The van der Waals surface area contributed by atoms with Gasteiger partial charge in [-0.25, -0.2) is 4.79 Å². The lowest BCUT2D eigenvalue weighted by atomic mass is 9.78. The van der Waals surface area contributed by atoms with Crippen molar-refractivity contribution in [2.75, 3.05) is 6.61 Å². The predicted octanol–water partition coefficient (Wildman–Crippen LogP) is 3.80. The van der Waals surface area contributed by atoms with E-state index >= 15 is 0 Å². The molecule has 0 saturated heterocycles. The first-order valence-electron chi connectivity index (χ1n) is 8.33. The third-order valence-electron chi connectivity index (χ3n) is 4.84. The van der Waals surface area contributed by atoms with Crippen LogP contribution in [0, 0.1) is 11.8 Å². The molecule has 1 N–H and O–H groups in total. The Hall–Kier alpha value is -2.05. The molecule has 4 nitrogen and oxygen atoms in total. The standard InChI is InChI=1S/C18H22F3NO3/c1-11-6-5-9-15(12(11)2)22-16(23)10-25-17(24)13-7-3-4-8-14(13)18(19,20)21/h3-4,7-8,11-12,15H,5-6,9-10H2,1-2H3,(H,22,23). The fraction of sp³-hybridized carbons (Fsp3) is 0.556. The van der Waals surface area contributed by atoms with Crippen LogP contribution in [-0.2, 0) is 15.7 Å². The van der Waals surface area contributed by atoms with Gasteiger partial charge in [-0.15, -0.1) is 0 Å². The van der Waals surface area contributed by atoms with Crippen molar-refractivity contribution < 1.29 is 27.5 Å². The first-order chi connectivity index (χ1) is 11.7. The summed E-state index contributed by atoms with van der Waals surface area (Å²) < 4.78 is 43.5. The minimum Gasteiger partial charge on any atom is -0.452 e. The maximum absolute atomic E-state index is 12.9. The van der Waals surface area contributed by atoms with Crippen LogP contribution in [0.1, 0.15) is 49.0 Å². The van der Waals surface area contributed by atoms with Crippen molar-refractivity contribution in [3.8, 4) is 0 Å². The molecule has 1 aromatic rings. The Morgan fingerprint density at radius 2 is 1.88 bits per heavy atom. The van der Waals surface area contributed by atoms with Gasteiger partial charge in [-0.05, 0) is 30.4 Å². The van der Waals surface area contributed by atoms with E-state index in [9.17, 15) is 22.8 Å². The zero-order valence-electron chi connectivity index (χ0n) is 14.2. The van der Waals surface area contributed by atoms with Gasteiger partial charge < -0.3 is 10.1 Å². The molecule has 0 radical (unpaired) electrons. The Labute approximate surface area is 144 Å². The SMILES string of the molecule is CC1CCCC(NC(=O)COC(=O)c2ccccc2C(F)(F)F)C1C. The molecule has 138 valence electrons. The summed E-state index contributed by atoms with van der Waals surface area (Å²) >= 11 is 0. The van der Waals surface area contributed by atoms with Gasteiger partial charge in [0.15, 0.2) is 6.61 Å². The molecule has 0 aromatic heterocycles. The third kappa shape index (κ3) is 4.96. The highest BCUT2D eigenvalue weighted by molar-refractivity contribution is 5.93. The lowest BCUT2D eigenvalue weighted by molar-refractivity contribution is -0.138. The number of esters is 1. The highest BCUT2D eigenvalue weighted by atomic mass is 19.4. The molecule has 1 aromatic carbocycles. The van der Waals surface area contributed by atoms with E-state index in [-0.39, 0.29) is 6.04 Å². The van der Waals surface area contributed by atoms with Gasteiger partial charge in [0.1, 0.15) is 0 Å². The van der Waals surface area contributed by atoms with E-state index in [1.165, 1.54) is 12.1 Å².